The van der Waals surface area contributed by atoms with Crippen molar-refractivity contribution in [2.24, 2.45) is 0 Å². The Balaban J connectivity index is 1.78. The number of hydrogen-bond donors (Lipinski definition) is 2. The lowest BCUT2D eigenvalue weighted by Crippen LogP contribution is -2.27. The van der Waals surface area contributed by atoms with Gasteiger partial charge in [0.2, 0.25) is 0 Å². The molecule has 0 saturated heterocycles. The van der Waals surface area contributed by atoms with Gasteiger partial charge in [-0.15, -0.1) is 0 Å². The molecule has 2 atom stereocenters. The molecule has 10 heteroatoms. The Morgan fingerprint density at radius 1 is 1.05 bits per heavy atom. The fourth-order valence-electron chi connectivity index (χ4n) is 4.49. The number of H-pyrrole nitrogens is 1. The number of hydrogen-bond acceptors (Lipinski definition) is 6. The number of rotatable bonds is 7. The molecule has 5 rings (SSSR count). The summed E-state index contributed by atoms with van der Waals surface area (Å²) in [6.07, 6.45) is 3.60. The number of halogens is 1. The van der Waals surface area contributed by atoms with E-state index in [4.69, 9.17) is 11.6 Å². The van der Waals surface area contributed by atoms with Crippen LogP contribution in [0.3, 0.4) is 0 Å². The third-order valence-electron chi connectivity index (χ3n) is 6.11. The minimum Gasteiger partial charge on any atom is -0.361 e. The first-order valence-electron chi connectivity index (χ1n) is 11.8. The van der Waals surface area contributed by atoms with Crippen molar-refractivity contribution in [2.45, 2.75) is 31.2 Å². The molecule has 0 fully saturated rings. The number of pyridine rings is 2. The van der Waals surface area contributed by atoms with E-state index in [0.717, 1.165) is 0 Å². The summed E-state index contributed by atoms with van der Waals surface area (Å²) >= 11 is 7.03. The lowest BCUT2D eigenvalue weighted by molar-refractivity contribution is 0.682. The molecule has 0 aliphatic rings. The molecule has 3 heterocycles. The minimum absolute atomic E-state index is 0.239. The Hall–Kier alpha value is -3.82. The molecule has 0 aliphatic carbocycles. The lowest BCUT2D eigenvalue weighted by Gasteiger charge is -2.24. The molecule has 188 valence electrons. The predicted octanol–water partition coefficient (Wildman–Crippen LogP) is 4.97. The summed E-state index contributed by atoms with van der Waals surface area (Å²) in [5.41, 5.74) is 0.937. The quantitative estimate of drug-likeness (QED) is 0.306. The lowest BCUT2D eigenvalue weighted by atomic mass is 10.1. The van der Waals surface area contributed by atoms with Crippen LogP contribution < -0.4 is 16.3 Å². The summed E-state index contributed by atoms with van der Waals surface area (Å²) in [6.45, 7) is 3.79. The van der Waals surface area contributed by atoms with Gasteiger partial charge in [-0.3, -0.25) is 18.4 Å². The monoisotopic (exact) mass is 533 g/mol. The first kappa shape index (κ1) is 24.9. The molecule has 0 saturated carbocycles. The van der Waals surface area contributed by atoms with Crippen LogP contribution in [0, 0.1) is 0 Å². The molecule has 0 aliphatic heterocycles. The summed E-state index contributed by atoms with van der Waals surface area (Å²) in [5, 5.41) is 4.78. The first-order valence-corrected chi connectivity index (χ1v) is 13.5. The molecule has 0 amide bonds. The van der Waals surface area contributed by atoms with Crippen molar-refractivity contribution < 1.29 is 4.21 Å². The van der Waals surface area contributed by atoms with Crippen molar-refractivity contribution in [2.75, 3.05) is 11.1 Å². The fraction of sp³-hybridized carbons (Fsp3) is 0.185. The standard InChI is InChI=1S/C27H24ClN5O3S/c1-3-14-37(36)20-11-7-10-18-21(20)27(35)33(17-8-5-4-6-9-17)24(23(18)28)16(2)32-26-22-19(34)12-13-29-25(22)30-15-31-26/h4-13,15-16H,3,14H2,1-2H3,(H2,29,30,31,32,34)/t16-,37-/m0/s1. The zero-order valence-electron chi connectivity index (χ0n) is 20.2. The van der Waals surface area contributed by atoms with Gasteiger partial charge in [-0.05, 0) is 31.5 Å². The smallest absolute Gasteiger partial charge is 0.264 e. The number of para-hydroxylation sites is 1. The van der Waals surface area contributed by atoms with Crippen molar-refractivity contribution in [1.82, 2.24) is 19.5 Å². The highest BCUT2D eigenvalue weighted by Crippen LogP contribution is 2.34. The van der Waals surface area contributed by atoms with Crippen LogP contribution in [0.5, 0.6) is 0 Å². The van der Waals surface area contributed by atoms with Crippen LogP contribution in [0.1, 0.15) is 32.0 Å². The predicted molar refractivity (Wildman–Crippen MR) is 148 cm³/mol. The molecule has 0 spiro atoms. The van der Waals surface area contributed by atoms with Crippen molar-refractivity contribution in [3.8, 4) is 5.69 Å². The third kappa shape index (κ3) is 4.45. The van der Waals surface area contributed by atoms with Gasteiger partial charge in [-0.1, -0.05) is 48.9 Å². The van der Waals surface area contributed by atoms with Gasteiger partial charge in [0, 0.05) is 29.1 Å². The molecule has 0 bridgehead atoms. The van der Waals surface area contributed by atoms with E-state index in [1.54, 1.807) is 22.8 Å². The number of nitrogens with zero attached hydrogens (tertiary/aromatic N) is 3. The fourth-order valence-corrected chi connectivity index (χ4v) is 6.14. The van der Waals surface area contributed by atoms with Crippen LogP contribution in [-0.4, -0.2) is 29.5 Å². The highest BCUT2D eigenvalue weighted by molar-refractivity contribution is 7.85. The normalized spacial score (nSPS) is 13.1. The van der Waals surface area contributed by atoms with E-state index in [1.807, 2.05) is 44.2 Å². The molecule has 0 radical (unpaired) electrons. The van der Waals surface area contributed by atoms with Gasteiger partial charge in [-0.2, -0.15) is 0 Å². The van der Waals surface area contributed by atoms with E-state index in [1.165, 1.54) is 18.6 Å². The molecular formula is C27H24ClN5O3S. The van der Waals surface area contributed by atoms with E-state index in [0.29, 0.717) is 61.1 Å². The highest BCUT2D eigenvalue weighted by atomic mass is 35.5. The van der Waals surface area contributed by atoms with Crippen LogP contribution in [0.4, 0.5) is 5.82 Å². The molecule has 2 N–H and O–H groups in total. The second-order valence-electron chi connectivity index (χ2n) is 8.56. The van der Waals surface area contributed by atoms with Gasteiger partial charge in [0.15, 0.2) is 5.43 Å². The summed E-state index contributed by atoms with van der Waals surface area (Å²) < 4.78 is 14.6. The Labute approximate surface area is 219 Å². The number of aromatic amines is 1. The van der Waals surface area contributed by atoms with E-state index >= 15 is 0 Å². The summed E-state index contributed by atoms with van der Waals surface area (Å²) in [5.74, 6) is 0.761. The summed E-state index contributed by atoms with van der Waals surface area (Å²) in [7, 11) is -1.35. The van der Waals surface area contributed by atoms with Crippen molar-refractivity contribution in [3.63, 3.8) is 0 Å². The zero-order valence-corrected chi connectivity index (χ0v) is 21.8. The highest BCUT2D eigenvalue weighted by Gasteiger charge is 2.25. The topological polar surface area (TPSA) is 110 Å². The molecule has 8 nitrogen and oxygen atoms in total. The SMILES string of the molecule is CCC[S@](=O)c1cccc2c(Cl)c([C@H](C)Nc3ncnc4[nH]ccc(=O)c34)n(-c3ccccc3)c(=O)c12. The maximum atomic E-state index is 14.1. The number of fused-ring (bicyclic) bond motifs is 2. The first-order chi connectivity index (χ1) is 17.9. The largest absolute Gasteiger partial charge is 0.361 e. The molecular weight excluding hydrogens is 510 g/mol. The molecule has 5 aromatic rings. The van der Waals surface area contributed by atoms with Crippen LogP contribution in [0.25, 0.3) is 27.5 Å². The van der Waals surface area contributed by atoms with Gasteiger partial charge in [0.1, 0.15) is 23.2 Å². The van der Waals surface area contributed by atoms with Gasteiger partial charge in [-0.25, -0.2) is 9.97 Å². The second kappa shape index (κ2) is 10.3. The Morgan fingerprint density at radius 3 is 2.59 bits per heavy atom. The van der Waals surface area contributed by atoms with Crippen LogP contribution in [0.2, 0.25) is 5.02 Å². The maximum Gasteiger partial charge on any atom is 0.264 e. The van der Waals surface area contributed by atoms with Crippen LogP contribution >= 0.6 is 11.6 Å². The maximum absolute atomic E-state index is 14.1. The van der Waals surface area contributed by atoms with Gasteiger partial charge < -0.3 is 10.3 Å². The minimum atomic E-state index is -1.35. The van der Waals surface area contributed by atoms with Gasteiger partial charge >= 0.3 is 0 Å². The zero-order chi connectivity index (χ0) is 26.1. The van der Waals surface area contributed by atoms with Crippen molar-refractivity contribution >= 4 is 50.0 Å². The van der Waals surface area contributed by atoms with Crippen LogP contribution in [0.15, 0.2) is 81.6 Å². The van der Waals surface area contributed by atoms with E-state index in [-0.39, 0.29) is 11.0 Å². The van der Waals surface area contributed by atoms with Crippen molar-refractivity contribution in [3.05, 3.63) is 98.4 Å². The molecule has 2 aromatic carbocycles. The molecule has 0 unspecified atom stereocenters. The molecule has 37 heavy (non-hydrogen) atoms. The van der Waals surface area contributed by atoms with E-state index in [2.05, 4.69) is 20.3 Å². The number of nitrogens with one attached hydrogen (secondary N) is 2. The number of aromatic nitrogens is 4. The summed E-state index contributed by atoms with van der Waals surface area (Å²) in [4.78, 5) is 38.6. The third-order valence-corrected chi connectivity index (χ3v) is 8.11. The molecule has 3 aromatic heterocycles. The Bertz CT molecular complexity index is 1760. The van der Waals surface area contributed by atoms with E-state index in [9.17, 15) is 13.8 Å². The van der Waals surface area contributed by atoms with Crippen LogP contribution in [-0.2, 0) is 10.8 Å². The summed E-state index contributed by atoms with van der Waals surface area (Å²) in [6, 6.07) is 15.3. The number of benzene rings is 2. The van der Waals surface area contributed by atoms with E-state index < -0.39 is 16.8 Å². The number of anilines is 1. The Morgan fingerprint density at radius 2 is 1.84 bits per heavy atom. The Kier molecular flexibility index (Phi) is 6.90. The van der Waals surface area contributed by atoms with Gasteiger partial charge in [0.05, 0.1) is 37.8 Å². The second-order valence-corrected chi connectivity index (χ2v) is 10.5. The average Bonchev–Trinajstić information content (AvgIpc) is 2.91. The van der Waals surface area contributed by atoms with Crippen molar-refractivity contribution in [1.29, 1.82) is 0 Å². The average molecular weight is 534 g/mol. The van der Waals surface area contributed by atoms with Gasteiger partial charge in [0.25, 0.3) is 5.56 Å².